The van der Waals surface area contributed by atoms with Gasteiger partial charge < -0.3 is 9.80 Å². The van der Waals surface area contributed by atoms with Gasteiger partial charge in [-0.3, -0.25) is 9.59 Å². The lowest BCUT2D eigenvalue weighted by Gasteiger charge is -2.41. The molecule has 28 heavy (non-hydrogen) atoms. The van der Waals surface area contributed by atoms with E-state index in [9.17, 15) is 9.59 Å². The molecule has 3 rings (SSSR count). The van der Waals surface area contributed by atoms with Crippen LogP contribution in [-0.4, -0.2) is 61.5 Å². The summed E-state index contributed by atoms with van der Waals surface area (Å²) in [5.41, 5.74) is 1.44. The third-order valence-corrected chi connectivity index (χ3v) is 4.84. The summed E-state index contributed by atoms with van der Waals surface area (Å²) in [5, 5.41) is 12.5. The van der Waals surface area contributed by atoms with Gasteiger partial charge in [0.05, 0.1) is 13.1 Å². The van der Waals surface area contributed by atoms with Gasteiger partial charge in [-0.15, -0.1) is 10.2 Å². The molecule has 1 saturated heterocycles. The Labute approximate surface area is 176 Å². The van der Waals surface area contributed by atoms with Gasteiger partial charge in [0.2, 0.25) is 17.6 Å². The predicted molar refractivity (Wildman–Crippen MR) is 106 cm³/mol. The number of piperazine rings is 1. The minimum absolute atomic E-state index is 0.0952. The number of benzene rings is 1. The average Bonchev–Trinajstić information content (AvgIpc) is 3.06. The third-order valence-electron chi connectivity index (χ3n) is 4.40. The average molecular weight is 444 g/mol. The summed E-state index contributed by atoms with van der Waals surface area (Å²) in [6, 6.07) is 4.95. The van der Waals surface area contributed by atoms with Crippen molar-refractivity contribution in [3.63, 3.8) is 0 Å². The number of amides is 2. The highest BCUT2D eigenvalue weighted by atomic mass is 35.5. The second kappa shape index (κ2) is 8.46. The molecule has 1 atom stereocenters. The Kier molecular flexibility index (Phi) is 6.22. The molecule has 2 heterocycles. The number of carbonyl (C=O) groups excluding carboxylic acids is 2. The Hall–Kier alpha value is -2.16. The number of nitrogens with zero attached hydrogens (tertiary/aromatic N) is 6. The molecule has 0 radical (unpaired) electrons. The molecule has 2 amide bonds. The number of tetrazole rings is 1. The van der Waals surface area contributed by atoms with Crippen LogP contribution in [-0.2, 0) is 16.6 Å². The summed E-state index contributed by atoms with van der Waals surface area (Å²) in [4.78, 5) is 29.2. The molecule has 11 heteroatoms. The molecule has 1 aromatic carbocycles. The molecule has 0 bridgehead atoms. The molecule has 1 fully saturated rings. The van der Waals surface area contributed by atoms with Crippen molar-refractivity contribution >= 4 is 46.6 Å². The molecule has 0 unspecified atom stereocenters. The van der Waals surface area contributed by atoms with Gasteiger partial charge >= 0.3 is 0 Å². The molecule has 1 aliphatic rings. The highest BCUT2D eigenvalue weighted by Crippen LogP contribution is 2.31. The lowest BCUT2D eigenvalue weighted by molar-refractivity contribution is -0.139. The van der Waals surface area contributed by atoms with E-state index in [0.29, 0.717) is 29.5 Å². The normalized spacial score (nSPS) is 16.8. The molecule has 2 aromatic rings. The van der Waals surface area contributed by atoms with Crippen LogP contribution in [0.4, 0.5) is 0 Å². The van der Waals surface area contributed by atoms with E-state index in [1.54, 1.807) is 29.0 Å². The number of rotatable bonds is 3. The van der Waals surface area contributed by atoms with Crippen LogP contribution in [0.5, 0.6) is 0 Å². The highest BCUT2D eigenvalue weighted by Gasteiger charge is 2.32. The number of carbonyl (C=O) groups is 2. The first kappa shape index (κ1) is 20.6. The molecule has 0 N–H and O–H groups in total. The van der Waals surface area contributed by atoms with Crippen molar-refractivity contribution in [3.8, 4) is 11.4 Å². The van der Waals surface area contributed by atoms with E-state index in [0.717, 1.165) is 11.6 Å². The maximum atomic E-state index is 12.3. The zero-order chi connectivity index (χ0) is 20.4. The first-order valence-electron chi connectivity index (χ1n) is 8.38. The van der Waals surface area contributed by atoms with Crippen molar-refractivity contribution in [2.75, 3.05) is 19.6 Å². The second-order valence-electron chi connectivity index (χ2n) is 6.32. The highest BCUT2D eigenvalue weighted by molar-refractivity contribution is 6.56. The maximum absolute atomic E-state index is 12.3. The Morgan fingerprint density at radius 1 is 1.21 bits per heavy atom. The van der Waals surface area contributed by atoms with Crippen molar-refractivity contribution in [3.05, 3.63) is 39.4 Å². The van der Waals surface area contributed by atoms with Gasteiger partial charge in [-0.05, 0) is 29.0 Å². The first-order valence-corrected chi connectivity index (χ1v) is 9.51. The largest absolute Gasteiger partial charge is 0.335 e. The topological polar surface area (TPSA) is 84.2 Å². The van der Waals surface area contributed by atoms with Gasteiger partial charge in [0.25, 0.3) is 0 Å². The van der Waals surface area contributed by atoms with Crippen LogP contribution < -0.4 is 0 Å². The van der Waals surface area contributed by atoms with Crippen molar-refractivity contribution < 1.29 is 9.59 Å². The second-order valence-corrected chi connectivity index (χ2v) is 7.77. The van der Waals surface area contributed by atoms with Crippen molar-refractivity contribution in [2.45, 2.75) is 13.0 Å². The van der Waals surface area contributed by atoms with Crippen LogP contribution in [0, 0.1) is 0 Å². The standard InChI is InChI=1S/C17H17Cl3N6O2/c1-10(27)26-4-3-25(16(28)8-15(19)20)9-14(26)11-5-12(7-13(18)6-11)17-21-23-24(2)22-17/h5-8,14H,3-4,9H2,1-2H3/t14-/m0/s1. The number of hydrogen-bond donors (Lipinski definition) is 0. The third kappa shape index (κ3) is 4.63. The Morgan fingerprint density at radius 2 is 1.96 bits per heavy atom. The van der Waals surface area contributed by atoms with Gasteiger partial charge in [0.15, 0.2) is 0 Å². The summed E-state index contributed by atoms with van der Waals surface area (Å²) < 4.78 is -0.116. The minimum atomic E-state index is -0.383. The number of aromatic nitrogens is 4. The summed E-state index contributed by atoms with van der Waals surface area (Å²) in [5.74, 6) is 0.00874. The molecule has 1 aliphatic heterocycles. The SMILES string of the molecule is CC(=O)N1CCN(C(=O)C=C(Cl)Cl)C[C@H]1c1cc(Cl)cc(-c2nnn(C)n2)c1. The summed E-state index contributed by atoms with van der Waals surface area (Å²) >= 11 is 17.5. The molecule has 148 valence electrons. The van der Waals surface area contributed by atoms with Crippen LogP contribution in [0.25, 0.3) is 11.4 Å². The maximum Gasteiger partial charge on any atom is 0.249 e. The van der Waals surface area contributed by atoms with E-state index in [-0.39, 0.29) is 28.9 Å². The van der Waals surface area contributed by atoms with Crippen LogP contribution in [0.1, 0.15) is 18.5 Å². The van der Waals surface area contributed by atoms with Gasteiger partial charge in [-0.25, -0.2) is 0 Å². The van der Waals surface area contributed by atoms with E-state index < -0.39 is 0 Å². The quantitative estimate of drug-likeness (QED) is 0.681. The van der Waals surface area contributed by atoms with Gasteiger partial charge in [0, 0.05) is 43.2 Å². The molecular formula is C17H17Cl3N6O2. The van der Waals surface area contributed by atoms with Crippen LogP contribution in [0.2, 0.25) is 5.02 Å². The zero-order valence-corrected chi connectivity index (χ0v) is 17.4. The number of aryl methyl sites for hydroxylation is 1. The molecule has 0 saturated carbocycles. The molecule has 0 aliphatic carbocycles. The van der Waals surface area contributed by atoms with E-state index in [1.165, 1.54) is 11.7 Å². The van der Waals surface area contributed by atoms with E-state index in [1.807, 2.05) is 6.07 Å². The number of halogens is 3. The van der Waals surface area contributed by atoms with E-state index >= 15 is 0 Å². The fourth-order valence-electron chi connectivity index (χ4n) is 3.16. The zero-order valence-electron chi connectivity index (χ0n) is 15.1. The van der Waals surface area contributed by atoms with Crippen LogP contribution >= 0.6 is 34.8 Å². The molecule has 8 nitrogen and oxygen atoms in total. The van der Waals surface area contributed by atoms with Gasteiger partial charge in [-0.1, -0.05) is 34.8 Å². The van der Waals surface area contributed by atoms with Crippen molar-refractivity contribution in [1.82, 2.24) is 30.0 Å². The van der Waals surface area contributed by atoms with Crippen molar-refractivity contribution in [1.29, 1.82) is 0 Å². The van der Waals surface area contributed by atoms with Crippen LogP contribution in [0.3, 0.4) is 0 Å². The minimum Gasteiger partial charge on any atom is -0.335 e. The Morgan fingerprint density at radius 3 is 2.57 bits per heavy atom. The fraction of sp³-hybridized carbons (Fsp3) is 0.353. The summed E-state index contributed by atoms with van der Waals surface area (Å²) in [7, 11) is 1.67. The monoisotopic (exact) mass is 442 g/mol. The van der Waals surface area contributed by atoms with Gasteiger partial charge in [-0.2, -0.15) is 4.80 Å². The summed E-state index contributed by atoms with van der Waals surface area (Å²) in [6.45, 7) is 2.54. The van der Waals surface area contributed by atoms with Gasteiger partial charge in [0.1, 0.15) is 4.49 Å². The van der Waals surface area contributed by atoms with E-state index in [4.69, 9.17) is 34.8 Å². The predicted octanol–water partition coefficient (Wildman–Crippen LogP) is 2.58. The molecular weight excluding hydrogens is 427 g/mol. The first-order chi connectivity index (χ1) is 13.2. The summed E-state index contributed by atoms with van der Waals surface area (Å²) in [6.07, 6.45) is 1.15. The van der Waals surface area contributed by atoms with Crippen molar-refractivity contribution in [2.24, 2.45) is 7.05 Å². The molecule has 0 spiro atoms. The van der Waals surface area contributed by atoms with Crippen LogP contribution in [0.15, 0.2) is 28.8 Å². The fourth-order valence-corrected chi connectivity index (χ4v) is 3.59. The Balaban J connectivity index is 1.97. The smallest absolute Gasteiger partial charge is 0.249 e. The number of hydrogen-bond acceptors (Lipinski definition) is 5. The lowest BCUT2D eigenvalue weighted by Crippen LogP contribution is -2.51. The lowest BCUT2D eigenvalue weighted by atomic mass is 9.99. The Bertz CT molecular complexity index is 941. The van der Waals surface area contributed by atoms with E-state index in [2.05, 4.69) is 15.4 Å². The molecule has 1 aromatic heterocycles.